The molecular formula is C64H63F2N11O12. The van der Waals surface area contributed by atoms with E-state index in [0.29, 0.717) is 50.7 Å². The number of nitrogens with zero attached hydrogens (tertiary/aromatic N) is 4. The van der Waals surface area contributed by atoms with Crippen molar-refractivity contribution in [1.29, 1.82) is 0 Å². The second-order valence-electron chi connectivity index (χ2n) is 25.9. The van der Waals surface area contributed by atoms with Gasteiger partial charge in [-0.15, -0.1) is 0 Å². The van der Waals surface area contributed by atoms with Gasteiger partial charge in [-0.25, -0.2) is 28.7 Å². The average molecular weight is 1220 g/mol. The van der Waals surface area contributed by atoms with Crippen molar-refractivity contribution in [1.82, 2.24) is 30.6 Å². The van der Waals surface area contributed by atoms with Crippen LogP contribution in [0.15, 0.2) is 103 Å². The summed E-state index contributed by atoms with van der Waals surface area (Å²) < 4.78 is 67.8. The van der Waals surface area contributed by atoms with Crippen molar-refractivity contribution >= 4 is 40.8 Å². The molecule has 23 nitrogen and oxygen atoms in total. The predicted molar refractivity (Wildman–Crippen MR) is 313 cm³/mol. The molecule has 0 unspecified atom stereocenters. The minimum atomic E-state index is -1.34. The van der Waals surface area contributed by atoms with Crippen LogP contribution in [-0.4, -0.2) is 79.1 Å². The van der Waals surface area contributed by atoms with Gasteiger partial charge >= 0.3 is 0 Å². The van der Waals surface area contributed by atoms with Gasteiger partial charge in [-0.1, -0.05) is 79.7 Å². The van der Waals surface area contributed by atoms with E-state index in [-0.39, 0.29) is 88.9 Å². The lowest BCUT2D eigenvalue weighted by Gasteiger charge is -2.32. The van der Waals surface area contributed by atoms with E-state index in [1.165, 1.54) is 24.3 Å². The second kappa shape index (κ2) is 20.7. The number of nitrogens with two attached hydrogens (primary N) is 3. The van der Waals surface area contributed by atoms with E-state index in [1.54, 1.807) is 38.1 Å². The molecule has 9 atom stereocenters. The number of aromatic nitrogens is 4. The van der Waals surface area contributed by atoms with Crippen LogP contribution in [0, 0.1) is 34.3 Å². The third-order valence-corrected chi connectivity index (χ3v) is 17.4. The van der Waals surface area contributed by atoms with Gasteiger partial charge in [0.25, 0.3) is 11.8 Å². The number of carbonyl (C=O) groups excluding carboxylic acids is 5. The smallest absolute Gasteiger partial charge is 0.270 e. The lowest BCUT2D eigenvalue weighted by molar-refractivity contribution is -0.135. The van der Waals surface area contributed by atoms with Crippen LogP contribution in [0.25, 0.3) is 23.2 Å². The van der Waals surface area contributed by atoms with Gasteiger partial charge in [0.05, 0.1) is 6.04 Å². The molecule has 8 bridgehead atoms. The summed E-state index contributed by atoms with van der Waals surface area (Å²) in [6.07, 6.45) is -0.338. The number of rotatable bonds is 8. The zero-order valence-electron chi connectivity index (χ0n) is 49.5. The number of anilines is 2. The molecule has 25 heteroatoms. The van der Waals surface area contributed by atoms with Crippen LogP contribution in [0.2, 0.25) is 0 Å². The molecule has 460 valence electrons. The molecule has 89 heavy (non-hydrogen) atoms. The van der Waals surface area contributed by atoms with Gasteiger partial charge in [0, 0.05) is 46.0 Å². The number of aliphatic hydroxyl groups excluding tert-OH is 1. The van der Waals surface area contributed by atoms with Crippen molar-refractivity contribution in [2.75, 3.05) is 10.6 Å². The normalized spacial score (nSPS) is 23.7. The Labute approximate surface area is 506 Å². The first-order chi connectivity index (χ1) is 42.1. The van der Waals surface area contributed by atoms with Gasteiger partial charge < -0.3 is 70.7 Å². The maximum atomic E-state index is 15.1. The Morgan fingerprint density at radius 2 is 1.08 bits per heavy atom. The number of primary amides is 2. The van der Waals surface area contributed by atoms with E-state index in [9.17, 15) is 33.5 Å². The number of hydrogen-bond donors (Lipinski definition) is 8. The first-order valence-corrected chi connectivity index (χ1v) is 29.0. The highest BCUT2D eigenvalue weighted by Gasteiger charge is 2.63. The Bertz CT molecular complexity index is 4270. The number of halogens is 2. The Morgan fingerprint density at radius 3 is 1.51 bits per heavy atom. The molecule has 4 amide bonds. The van der Waals surface area contributed by atoms with Gasteiger partial charge in [0.15, 0.2) is 52.5 Å². The summed E-state index contributed by atoms with van der Waals surface area (Å²) in [5.41, 5.74) is 18.6. The lowest BCUT2D eigenvalue weighted by atomic mass is 9.72. The van der Waals surface area contributed by atoms with Crippen LogP contribution in [0.3, 0.4) is 0 Å². The predicted octanol–water partition coefficient (Wildman–Crippen LogP) is 7.53. The van der Waals surface area contributed by atoms with E-state index in [2.05, 4.69) is 31.2 Å². The fourth-order valence-electron chi connectivity index (χ4n) is 12.9. The number of fused-ring (bicyclic) bond motifs is 8. The van der Waals surface area contributed by atoms with Crippen LogP contribution in [0.1, 0.15) is 152 Å². The van der Waals surface area contributed by atoms with Crippen LogP contribution in [0.4, 0.5) is 20.2 Å². The number of hydrogen-bond acceptors (Lipinski definition) is 19. The topological polar surface area (TPSA) is 354 Å². The summed E-state index contributed by atoms with van der Waals surface area (Å²) >= 11 is 0. The summed E-state index contributed by atoms with van der Waals surface area (Å²) in [5, 5.41) is 23.4. The third kappa shape index (κ3) is 9.38. The number of carbonyl (C=O) groups is 5. The molecule has 0 saturated heterocycles. The third-order valence-electron chi connectivity index (χ3n) is 17.4. The van der Waals surface area contributed by atoms with Crippen molar-refractivity contribution in [3.63, 3.8) is 0 Å². The summed E-state index contributed by atoms with van der Waals surface area (Å²) in [4.78, 5) is 82.8. The number of aliphatic hydroxyl groups is 1. The van der Waals surface area contributed by atoms with Crippen LogP contribution < -0.4 is 47.9 Å². The molecule has 4 aromatic carbocycles. The molecule has 6 aliphatic rings. The highest BCUT2D eigenvalue weighted by atomic mass is 19.1. The maximum Gasteiger partial charge on any atom is 0.270 e. The van der Waals surface area contributed by atoms with E-state index >= 15 is 4.39 Å². The molecule has 0 saturated carbocycles. The lowest BCUT2D eigenvalue weighted by Crippen LogP contribution is -2.46. The maximum absolute atomic E-state index is 15.1. The number of oxazole rings is 4. The van der Waals surface area contributed by atoms with Crippen molar-refractivity contribution in [3.05, 3.63) is 165 Å². The molecule has 2 spiro atoms. The van der Waals surface area contributed by atoms with Gasteiger partial charge in [0.1, 0.15) is 64.7 Å². The fraction of sp³-hybridized carbons (Fsp3) is 0.359. The first kappa shape index (κ1) is 58.3. The van der Waals surface area contributed by atoms with E-state index in [0.717, 1.165) is 18.1 Å². The second-order valence-corrected chi connectivity index (χ2v) is 25.9. The molecular weight excluding hydrogens is 1150 g/mol. The summed E-state index contributed by atoms with van der Waals surface area (Å²) in [6.45, 7) is 15.0. The van der Waals surface area contributed by atoms with Gasteiger partial charge in [-0.2, -0.15) is 0 Å². The zero-order chi connectivity index (χ0) is 63.1. The quantitative estimate of drug-likeness (QED) is 0.0728. The van der Waals surface area contributed by atoms with Crippen molar-refractivity contribution < 1.29 is 65.0 Å². The number of Topliss-reactive ketones (excluding diaryl/α,β-unsaturated/α-hetero) is 1. The van der Waals surface area contributed by atoms with Crippen LogP contribution in [-0.2, 0) is 38.1 Å². The molecule has 8 aromatic rings. The molecule has 0 radical (unpaired) electrons. The Balaban J connectivity index is 0.000000166. The summed E-state index contributed by atoms with van der Waals surface area (Å²) in [5.74, 6) is -3.34. The standard InChI is InChI=1S/C35H36FN5O7.C29H27FN6O5/c1-15(2)26(43)23(42)12-17-10-16-6-9-24-20(11-16)35(19-13-18(36)7-8-21(19)39-33(35)47-24)28-25(31-38-22(14-46-31)29(37)44)40-32(48-28)27(34(3,4)5)41-30(17)45;1-28(2,3)21-26-35-20(25-33-18(11-39-25)23(32)37)22(41-26)29-14-10-13(30)5-6-17(14)34-27(29)40-19-7-4-12(8-15(19)29)9-16(31)24(38)36-21/h6-9,11,13-15,17,26-27,33,39,43H,10,12H2,1-5H3,(H2,37,44)(H,41,45);4-8,10-11,16,21,27,34H,9,31H2,1-3H3,(H2,32,37)(H,36,38)/t17-,26+,27-,33-,35+;16-,21+,27+,29-/m10/s1. The number of amides is 4. The number of ketones is 1. The minimum Gasteiger partial charge on any atom is -0.469 e. The largest absolute Gasteiger partial charge is 0.469 e. The Kier molecular flexibility index (Phi) is 13.5. The fourth-order valence-corrected chi connectivity index (χ4v) is 12.9. The molecule has 0 aliphatic carbocycles. The molecule has 6 aliphatic heterocycles. The SMILES string of the molecule is CC(C)(C)[C@@H]1NC(=O)[C@@H](N)Cc2ccc3c(c2)[C@@]2(c4cc(F)ccc4N[C@@H]2O3)c2oc1nc2-c1nc(C(N)=O)co1.CC(C)[C@H](O)C(=O)C[C@H]1Cc2ccc3c(c2)[C@@]2(c4cc(F)ccc4N[C@@H]2O3)c2oc(nc2-c2nc(C(N)=O)co2)[C@H](C(C)(C)C)NC1=O. The summed E-state index contributed by atoms with van der Waals surface area (Å²) in [7, 11) is 0. The van der Waals surface area contributed by atoms with Crippen LogP contribution >= 0.6 is 0 Å². The minimum absolute atomic E-state index is 0.0306. The van der Waals surface area contributed by atoms with Gasteiger partial charge in [-0.3, -0.25) is 24.0 Å². The Morgan fingerprint density at radius 1 is 0.629 bits per heavy atom. The van der Waals surface area contributed by atoms with Crippen molar-refractivity contribution in [2.24, 2.45) is 39.9 Å². The summed E-state index contributed by atoms with van der Waals surface area (Å²) in [6, 6.07) is 17.4. The highest BCUT2D eigenvalue weighted by Crippen LogP contribution is 2.62. The average Bonchev–Trinajstić information content (AvgIpc) is 1.54. The first-order valence-electron chi connectivity index (χ1n) is 29.0. The monoisotopic (exact) mass is 1220 g/mol. The Hall–Kier alpha value is -9.75. The van der Waals surface area contributed by atoms with Crippen molar-refractivity contribution in [2.45, 2.75) is 122 Å². The molecule has 10 heterocycles. The highest BCUT2D eigenvalue weighted by molar-refractivity contribution is 5.92. The molecule has 11 N–H and O–H groups in total. The van der Waals surface area contributed by atoms with E-state index in [4.69, 9.17) is 54.3 Å². The molecule has 14 rings (SSSR count). The number of benzene rings is 4. The van der Waals surface area contributed by atoms with Crippen molar-refractivity contribution in [3.8, 4) is 34.7 Å². The number of nitrogens with one attached hydrogen (secondary N) is 4. The molecule has 4 aromatic heterocycles. The van der Waals surface area contributed by atoms with Gasteiger partial charge in [-0.05, 0) is 89.2 Å². The molecule has 0 fully saturated rings. The zero-order valence-corrected chi connectivity index (χ0v) is 49.5. The van der Waals surface area contributed by atoms with Crippen LogP contribution in [0.5, 0.6) is 11.5 Å². The van der Waals surface area contributed by atoms with Gasteiger partial charge in [0.2, 0.25) is 35.4 Å². The number of ether oxygens (including phenoxy) is 2. The van der Waals surface area contributed by atoms with E-state index < -0.39 is 99.4 Å². The van der Waals surface area contributed by atoms with E-state index in [1.807, 2.05) is 65.8 Å².